The molecular formula is C19H31N3O4. The van der Waals surface area contributed by atoms with E-state index in [1.165, 1.54) is 0 Å². The molecule has 146 valence electrons. The number of methoxy groups -OCH3 is 1. The first kappa shape index (κ1) is 21.8. The molecular weight excluding hydrogens is 334 g/mol. The molecule has 0 radical (unpaired) electrons. The van der Waals surface area contributed by atoms with Crippen molar-refractivity contribution in [2.75, 3.05) is 32.6 Å². The highest BCUT2D eigenvalue weighted by atomic mass is 16.6. The minimum Gasteiger partial charge on any atom is -0.495 e. The van der Waals surface area contributed by atoms with E-state index < -0.39 is 5.60 Å². The maximum Gasteiger partial charge on any atom is 0.410 e. The molecule has 0 spiro atoms. The highest BCUT2D eigenvalue weighted by molar-refractivity contribution is 5.70. The number of carbonyl (C=O) groups is 2. The fourth-order valence-corrected chi connectivity index (χ4v) is 2.68. The quantitative estimate of drug-likeness (QED) is 0.755. The molecule has 1 aliphatic heterocycles. The summed E-state index contributed by atoms with van der Waals surface area (Å²) in [5.41, 5.74) is 2.73. The number of nitrogens with one attached hydrogen (secondary N) is 2. The van der Waals surface area contributed by atoms with Gasteiger partial charge in [0.05, 0.1) is 12.8 Å². The average molecular weight is 365 g/mol. The molecule has 2 rings (SSSR count). The molecule has 0 fully saturated rings. The van der Waals surface area contributed by atoms with Gasteiger partial charge >= 0.3 is 6.09 Å². The number of nitrogens with zero attached hydrogens (tertiary/aromatic N) is 1. The van der Waals surface area contributed by atoms with Gasteiger partial charge in [-0.1, -0.05) is 0 Å². The van der Waals surface area contributed by atoms with Gasteiger partial charge < -0.3 is 24.9 Å². The van der Waals surface area contributed by atoms with Gasteiger partial charge in [-0.2, -0.15) is 0 Å². The predicted octanol–water partition coefficient (Wildman–Crippen LogP) is 2.78. The van der Waals surface area contributed by atoms with Crippen LogP contribution in [0.15, 0.2) is 12.1 Å². The van der Waals surface area contributed by atoms with Crippen molar-refractivity contribution in [1.29, 1.82) is 0 Å². The Bertz CT molecular complexity index is 599. The topological polar surface area (TPSA) is 79.9 Å². The lowest BCUT2D eigenvalue weighted by molar-refractivity contribution is -0.0980. The second kappa shape index (κ2) is 10.0. The van der Waals surface area contributed by atoms with E-state index in [-0.39, 0.29) is 6.09 Å². The summed E-state index contributed by atoms with van der Waals surface area (Å²) >= 11 is 0. The van der Waals surface area contributed by atoms with Crippen molar-refractivity contribution in [3.05, 3.63) is 23.3 Å². The third-order valence-electron chi connectivity index (χ3n) is 3.81. The summed E-state index contributed by atoms with van der Waals surface area (Å²) in [7, 11) is 3.61. The van der Waals surface area contributed by atoms with E-state index in [9.17, 15) is 4.79 Å². The molecule has 0 saturated carbocycles. The van der Waals surface area contributed by atoms with Crippen molar-refractivity contribution in [1.82, 2.24) is 10.2 Å². The highest BCUT2D eigenvalue weighted by Gasteiger charge is 2.28. The standard InChI is InChI=1S/C18H29N3O3.CH2O/c1-18(2,3)24-17(22)21-11-13-9-15(20-8-6-7-19-4)16(23-5)10-14(13)12-21;1-2/h9-10,19-20H,6-8,11-12H2,1-5H3;1H2. The Balaban J connectivity index is 0.00000163. The van der Waals surface area contributed by atoms with Crippen LogP contribution in [0.3, 0.4) is 0 Å². The number of carbonyl (C=O) groups excluding carboxylic acids is 2. The number of hydrogen-bond acceptors (Lipinski definition) is 6. The third-order valence-corrected chi connectivity index (χ3v) is 3.81. The number of anilines is 1. The number of benzene rings is 1. The van der Waals surface area contributed by atoms with Crippen LogP contribution in [0.1, 0.15) is 38.3 Å². The van der Waals surface area contributed by atoms with Gasteiger partial charge in [-0.15, -0.1) is 0 Å². The Kier molecular flexibility index (Phi) is 8.38. The van der Waals surface area contributed by atoms with Crippen molar-refractivity contribution >= 4 is 18.6 Å². The molecule has 1 amide bonds. The van der Waals surface area contributed by atoms with Crippen LogP contribution in [0.5, 0.6) is 5.75 Å². The Morgan fingerprint density at radius 2 is 1.81 bits per heavy atom. The zero-order valence-corrected chi connectivity index (χ0v) is 16.5. The van der Waals surface area contributed by atoms with E-state index in [4.69, 9.17) is 14.3 Å². The molecule has 0 aliphatic carbocycles. The molecule has 7 nitrogen and oxygen atoms in total. The van der Waals surface area contributed by atoms with Crippen molar-refractivity contribution in [2.24, 2.45) is 0 Å². The molecule has 1 aliphatic rings. The van der Waals surface area contributed by atoms with Crippen molar-refractivity contribution in [3.63, 3.8) is 0 Å². The summed E-state index contributed by atoms with van der Waals surface area (Å²) in [5, 5.41) is 6.54. The zero-order valence-electron chi connectivity index (χ0n) is 16.5. The summed E-state index contributed by atoms with van der Waals surface area (Å²) in [5.74, 6) is 0.809. The third kappa shape index (κ3) is 6.22. The van der Waals surface area contributed by atoms with Crippen molar-refractivity contribution in [3.8, 4) is 5.75 Å². The van der Waals surface area contributed by atoms with Gasteiger partial charge in [0.1, 0.15) is 18.1 Å². The molecule has 0 bridgehead atoms. The normalized spacial score (nSPS) is 12.7. The number of fused-ring (bicyclic) bond motifs is 1. The number of ether oxygens (including phenoxy) is 2. The molecule has 0 unspecified atom stereocenters. The highest BCUT2D eigenvalue weighted by Crippen LogP contribution is 2.34. The first-order valence-corrected chi connectivity index (χ1v) is 8.69. The van der Waals surface area contributed by atoms with E-state index in [1.807, 2.05) is 40.7 Å². The number of rotatable bonds is 6. The minimum absolute atomic E-state index is 0.277. The van der Waals surface area contributed by atoms with Crippen LogP contribution >= 0.6 is 0 Å². The molecule has 0 aromatic heterocycles. The van der Waals surface area contributed by atoms with Gasteiger partial charge in [0, 0.05) is 19.6 Å². The molecule has 0 saturated heterocycles. The summed E-state index contributed by atoms with van der Waals surface area (Å²) in [4.78, 5) is 22.0. The van der Waals surface area contributed by atoms with Gasteiger partial charge in [0.25, 0.3) is 0 Å². The Morgan fingerprint density at radius 3 is 2.35 bits per heavy atom. The second-order valence-corrected chi connectivity index (χ2v) is 7.04. The summed E-state index contributed by atoms with van der Waals surface area (Å²) < 4.78 is 11.0. The van der Waals surface area contributed by atoms with Crippen LogP contribution in [0.25, 0.3) is 0 Å². The van der Waals surface area contributed by atoms with Gasteiger partial charge in [-0.3, -0.25) is 4.90 Å². The lowest BCUT2D eigenvalue weighted by Gasteiger charge is -2.24. The fraction of sp³-hybridized carbons (Fsp3) is 0.579. The fourth-order valence-electron chi connectivity index (χ4n) is 2.68. The largest absolute Gasteiger partial charge is 0.495 e. The molecule has 1 aromatic rings. The van der Waals surface area contributed by atoms with E-state index >= 15 is 0 Å². The lowest BCUT2D eigenvalue weighted by Crippen LogP contribution is -2.33. The smallest absolute Gasteiger partial charge is 0.410 e. The van der Waals surface area contributed by atoms with Crippen molar-refractivity contribution < 1.29 is 19.1 Å². The van der Waals surface area contributed by atoms with Crippen LogP contribution < -0.4 is 15.4 Å². The Labute approximate surface area is 156 Å². The van der Waals surface area contributed by atoms with Gasteiger partial charge in [-0.25, -0.2) is 4.79 Å². The van der Waals surface area contributed by atoms with Gasteiger partial charge in [0.2, 0.25) is 0 Å². The minimum atomic E-state index is -0.483. The predicted molar refractivity (Wildman–Crippen MR) is 103 cm³/mol. The monoisotopic (exact) mass is 365 g/mol. The first-order chi connectivity index (χ1) is 12.3. The van der Waals surface area contributed by atoms with Gasteiger partial charge in [0.15, 0.2) is 0 Å². The molecule has 1 heterocycles. The van der Waals surface area contributed by atoms with E-state index in [2.05, 4.69) is 16.7 Å². The van der Waals surface area contributed by atoms with Crippen LogP contribution in [0, 0.1) is 0 Å². The summed E-state index contributed by atoms with van der Waals surface area (Å²) in [6.45, 7) is 10.6. The summed E-state index contributed by atoms with van der Waals surface area (Å²) in [6, 6.07) is 4.10. The van der Waals surface area contributed by atoms with E-state index in [0.29, 0.717) is 13.1 Å². The Hall–Kier alpha value is -2.28. The Morgan fingerprint density at radius 1 is 1.19 bits per heavy atom. The molecule has 7 heteroatoms. The second-order valence-electron chi connectivity index (χ2n) is 7.04. The molecule has 0 atom stereocenters. The zero-order chi connectivity index (χ0) is 19.7. The molecule has 2 N–H and O–H groups in total. The van der Waals surface area contributed by atoms with Gasteiger partial charge in [-0.05, 0) is 64.0 Å². The molecule has 26 heavy (non-hydrogen) atoms. The molecule has 1 aromatic carbocycles. The van der Waals surface area contributed by atoms with Crippen LogP contribution in [0.2, 0.25) is 0 Å². The van der Waals surface area contributed by atoms with Crippen LogP contribution in [-0.4, -0.2) is 50.6 Å². The maximum absolute atomic E-state index is 12.3. The SMILES string of the molecule is C=O.CNCCCNc1cc2c(cc1OC)CN(C(=O)OC(C)(C)C)C2. The number of amides is 1. The van der Waals surface area contributed by atoms with E-state index in [0.717, 1.165) is 42.1 Å². The number of hydrogen-bond donors (Lipinski definition) is 2. The average Bonchev–Trinajstić information content (AvgIpc) is 3.01. The lowest BCUT2D eigenvalue weighted by atomic mass is 10.1. The van der Waals surface area contributed by atoms with Crippen LogP contribution in [-0.2, 0) is 22.6 Å². The maximum atomic E-state index is 12.3. The summed E-state index contributed by atoms with van der Waals surface area (Å²) in [6.07, 6.45) is 0.752. The first-order valence-electron chi connectivity index (χ1n) is 8.69. The van der Waals surface area contributed by atoms with Crippen molar-refractivity contribution in [2.45, 2.75) is 45.9 Å². The van der Waals surface area contributed by atoms with Crippen LogP contribution in [0.4, 0.5) is 10.5 Å². The van der Waals surface area contributed by atoms with E-state index in [1.54, 1.807) is 12.0 Å².